The van der Waals surface area contributed by atoms with E-state index in [1.54, 1.807) is 18.2 Å². The van der Waals surface area contributed by atoms with Gasteiger partial charge in [0.1, 0.15) is 24.0 Å². The first-order valence-corrected chi connectivity index (χ1v) is 11.9. The first kappa shape index (κ1) is 27.1. The molecule has 0 amide bonds. The molecule has 0 saturated carbocycles. The molecule has 36 heavy (non-hydrogen) atoms. The van der Waals surface area contributed by atoms with Crippen LogP contribution in [0.2, 0.25) is 0 Å². The molecule has 5 N–H and O–H groups in total. The Bertz CT molecular complexity index is 1330. The number of para-hydroxylation sites is 1. The van der Waals surface area contributed by atoms with Crippen molar-refractivity contribution in [1.82, 2.24) is 14.6 Å². The van der Waals surface area contributed by atoms with E-state index in [4.69, 9.17) is 19.3 Å². The summed E-state index contributed by atoms with van der Waals surface area (Å²) < 4.78 is 30.0. The van der Waals surface area contributed by atoms with E-state index in [9.17, 15) is 34.3 Å². The molecule has 16 nitrogen and oxygen atoms in total. The predicted molar refractivity (Wildman–Crippen MR) is 121 cm³/mol. The van der Waals surface area contributed by atoms with Crippen LogP contribution in [0.3, 0.4) is 0 Å². The molecule has 1 aromatic carbocycles. The number of aliphatic hydroxyl groups is 2. The average molecular weight is 526 g/mol. The molecule has 1 unspecified atom stereocenters. The third-order valence-electron chi connectivity index (χ3n) is 5.19. The van der Waals surface area contributed by atoms with Crippen LogP contribution in [0, 0.1) is 6.92 Å². The van der Waals surface area contributed by atoms with Gasteiger partial charge in [-0.05, 0) is 31.5 Å². The van der Waals surface area contributed by atoms with Gasteiger partial charge in [-0.1, -0.05) is 23.3 Å². The van der Waals surface area contributed by atoms with Crippen molar-refractivity contribution < 1.29 is 38.5 Å². The highest BCUT2D eigenvalue weighted by Gasteiger charge is 2.57. The van der Waals surface area contributed by atoms with E-state index in [0.29, 0.717) is 4.57 Å². The molecular weight excluding hydrogens is 503 g/mol. The van der Waals surface area contributed by atoms with Gasteiger partial charge in [0, 0.05) is 16.7 Å². The molecule has 3 rings (SSSR count). The summed E-state index contributed by atoms with van der Waals surface area (Å²) in [4.78, 5) is 40.9. The Balaban J connectivity index is 1.96. The van der Waals surface area contributed by atoms with Gasteiger partial charge in [-0.15, -0.1) is 0 Å². The summed E-state index contributed by atoms with van der Waals surface area (Å²) in [6.45, 7) is 1.49. The van der Waals surface area contributed by atoms with Crippen LogP contribution in [0.5, 0.6) is 5.75 Å². The zero-order chi connectivity index (χ0) is 26.7. The van der Waals surface area contributed by atoms with Crippen LogP contribution in [-0.2, 0) is 18.6 Å². The quantitative estimate of drug-likeness (QED) is 0.123. The second kappa shape index (κ2) is 10.6. The summed E-state index contributed by atoms with van der Waals surface area (Å²) in [5, 5.41) is 36.0. The molecular formula is C19H23N6O10P. The number of carboxylic acid groups (broad SMARTS) is 1. The lowest BCUT2D eigenvalue weighted by Crippen LogP contribution is -2.46. The Labute approximate surface area is 202 Å². The van der Waals surface area contributed by atoms with Crippen LogP contribution in [-0.4, -0.2) is 61.4 Å². The molecule has 0 spiro atoms. The molecule has 1 fully saturated rings. The fourth-order valence-electron chi connectivity index (χ4n) is 3.28. The highest BCUT2D eigenvalue weighted by Crippen LogP contribution is 2.48. The summed E-state index contributed by atoms with van der Waals surface area (Å²) in [6.07, 6.45) is -4.74. The number of hydrogen-bond acceptors (Lipinski definition) is 10. The number of H-pyrrole nitrogens is 1. The van der Waals surface area contributed by atoms with Crippen molar-refractivity contribution in [3.05, 3.63) is 73.4 Å². The van der Waals surface area contributed by atoms with E-state index < -0.39 is 61.8 Å². The number of aromatic amines is 1. The van der Waals surface area contributed by atoms with Crippen LogP contribution in [0.25, 0.3) is 10.4 Å². The van der Waals surface area contributed by atoms with Crippen molar-refractivity contribution >= 4 is 13.7 Å². The van der Waals surface area contributed by atoms with E-state index >= 15 is 0 Å². The molecule has 1 aliphatic heterocycles. The largest absolute Gasteiger partial charge is 0.480 e. The van der Waals surface area contributed by atoms with Gasteiger partial charge in [-0.25, -0.2) is 13.9 Å². The van der Waals surface area contributed by atoms with E-state index in [2.05, 4.69) is 20.1 Å². The lowest BCUT2D eigenvalue weighted by atomic mass is 10.1. The van der Waals surface area contributed by atoms with Crippen LogP contribution < -0.4 is 20.9 Å². The number of rotatable bonds is 10. The standard InChI is InChI=1S/C19H23N6O10P/c1-10-8-21-18(31)25(15(10)28)16-13(26)14(27)19(34-16,23-24-20)9-33-36(32,22-11(2)17(29)30)35-12-6-4-3-5-7-12/h3-8,11,13-14,16,26-27H,9H2,1-2H3,(H,21,31)(H,22,32)(H,29,30)/t11-,13+,14-,16+,19+,36?/m0/s1. The molecule has 2 heterocycles. The number of nitrogens with zero attached hydrogens (tertiary/aromatic N) is 4. The molecule has 1 aromatic heterocycles. The topological polar surface area (TPSA) is 238 Å². The van der Waals surface area contributed by atoms with Gasteiger partial charge in [-0.2, -0.15) is 5.09 Å². The highest BCUT2D eigenvalue weighted by atomic mass is 31.2. The number of aromatic nitrogens is 2. The molecule has 0 aliphatic carbocycles. The van der Waals surface area contributed by atoms with Gasteiger partial charge in [0.15, 0.2) is 6.23 Å². The van der Waals surface area contributed by atoms with Crippen molar-refractivity contribution in [2.75, 3.05) is 6.61 Å². The molecule has 0 radical (unpaired) electrons. The number of aryl methyl sites for hydroxylation is 1. The van der Waals surface area contributed by atoms with Crippen LogP contribution in [0.15, 0.2) is 51.2 Å². The Kier molecular flexibility index (Phi) is 8.01. The molecule has 1 saturated heterocycles. The Hall–Kier alpha value is -3.49. The van der Waals surface area contributed by atoms with Gasteiger partial charge in [0.2, 0.25) is 5.72 Å². The predicted octanol–water partition coefficient (Wildman–Crippen LogP) is 0.369. The van der Waals surface area contributed by atoms with Gasteiger partial charge < -0.3 is 29.6 Å². The average Bonchev–Trinajstić information content (AvgIpc) is 3.07. The molecule has 1 aliphatic rings. The third-order valence-corrected chi connectivity index (χ3v) is 6.81. The number of carbonyl (C=O) groups is 1. The number of aliphatic hydroxyl groups excluding tert-OH is 2. The number of nitrogens with one attached hydrogen (secondary N) is 2. The molecule has 6 atom stereocenters. The van der Waals surface area contributed by atoms with Crippen LogP contribution >= 0.6 is 7.75 Å². The summed E-state index contributed by atoms with van der Waals surface area (Å²) >= 11 is 0. The Morgan fingerprint density at radius 3 is 2.67 bits per heavy atom. The van der Waals surface area contributed by atoms with E-state index in [1.165, 1.54) is 19.1 Å². The Morgan fingerprint density at radius 1 is 1.39 bits per heavy atom. The van der Waals surface area contributed by atoms with Crippen molar-refractivity contribution in [2.45, 2.75) is 44.1 Å². The van der Waals surface area contributed by atoms with Crippen molar-refractivity contribution in [2.24, 2.45) is 5.11 Å². The van der Waals surface area contributed by atoms with Crippen molar-refractivity contribution in [3.8, 4) is 5.75 Å². The van der Waals surface area contributed by atoms with Gasteiger partial charge in [-0.3, -0.25) is 14.1 Å². The summed E-state index contributed by atoms with van der Waals surface area (Å²) in [7, 11) is -4.56. The molecule has 17 heteroatoms. The zero-order valence-corrected chi connectivity index (χ0v) is 19.8. The highest BCUT2D eigenvalue weighted by molar-refractivity contribution is 7.52. The summed E-state index contributed by atoms with van der Waals surface area (Å²) in [6, 6.07) is 6.11. The minimum atomic E-state index is -4.56. The SMILES string of the molecule is Cc1c[nH]c(=O)n([C@@H]2O[C@@](COP(=O)(N[C@@H](C)C(=O)O)Oc3ccccc3)(N=[N+]=[N-])[C@@H](O)[C@H]2O)c1=O. The molecule has 194 valence electrons. The number of ether oxygens (including phenoxy) is 1. The van der Waals surface area contributed by atoms with Crippen molar-refractivity contribution in [1.29, 1.82) is 0 Å². The molecule has 2 aromatic rings. The molecule has 0 bridgehead atoms. The second-order valence-electron chi connectivity index (χ2n) is 7.79. The third kappa shape index (κ3) is 5.50. The van der Waals surface area contributed by atoms with Gasteiger partial charge >= 0.3 is 19.4 Å². The summed E-state index contributed by atoms with van der Waals surface area (Å²) in [5.41, 5.74) is 4.81. The van der Waals surface area contributed by atoms with E-state index in [1.807, 2.05) is 0 Å². The zero-order valence-electron chi connectivity index (χ0n) is 18.9. The van der Waals surface area contributed by atoms with Gasteiger partial charge in [0.25, 0.3) is 5.56 Å². The maximum Gasteiger partial charge on any atom is 0.459 e. The van der Waals surface area contributed by atoms with Gasteiger partial charge in [0.05, 0.1) is 6.61 Å². The monoisotopic (exact) mass is 526 g/mol. The lowest BCUT2D eigenvalue weighted by molar-refractivity contribution is -0.138. The minimum Gasteiger partial charge on any atom is -0.480 e. The summed E-state index contributed by atoms with van der Waals surface area (Å²) in [5.74, 6) is -1.38. The first-order valence-electron chi connectivity index (χ1n) is 10.3. The van der Waals surface area contributed by atoms with E-state index in [0.717, 1.165) is 13.1 Å². The lowest BCUT2D eigenvalue weighted by Gasteiger charge is -2.29. The number of hydrogen-bond donors (Lipinski definition) is 5. The number of aliphatic carboxylic acids is 1. The fourth-order valence-corrected chi connectivity index (χ4v) is 4.80. The number of carboxylic acids is 1. The van der Waals surface area contributed by atoms with E-state index in [-0.39, 0.29) is 11.3 Å². The van der Waals surface area contributed by atoms with Crippen LogP contribution in [0.1, 0.15) is 18.7 Å². The number of benzene rings is 1. The maximum atomic E-state index is 13.4. The fraction of sp³-hybridized carbons (Fsp3) is 0.421. The normalized spacial score (nSPS) is 25.9. The Morgan fingerprint density at radius 2 is 2.06 bits per heavy atom. The maximum absolute atomic E-state index is 13.4. The van der Waals surface area contributed by atoms with Crippen molar-refractivity contribution in [3.63, 3.8) is 0 Å². The second-order valence-corrected chi connectivity index (χ2v) is 9.49. The number of azide groups is 1. The van der Waals surface area contributed by atoms with Crippen LogP contribution in [0.4, 0.5) is 0 Å². The minimum absolute atomic E-state index is 0.0207. The smallest absolute Gasteiger partial charge is 0.459 e. The first-order chi connectivity index (χ1) is 16.9.